The number of alkyl halides is 1. The van der Waals surface area contributed by atoms with Gasteiger partial charge in [0.1, 0.15) is 0 Å². The van der Waals surface area contributed by atoms with Crippen molar-refractivity contribution in [3.63, 3.8) is 0 Å². The number of halogens is 2. The summed E-state index contributed by atoms with van der Waals surface area (Å²) >= 11 is 0. The Morgan fingerprint density at radius 2 is 2.33 bits per heavy atom. The van der Waals surface area contributed by atoms with Crippen molar-refractivity contribution in [2.24, 2.45) is 0 Å². The first kappa shape index (κ1) is 6.89. The van der Waals surface area contributed by atoms with Gasteiger partial charge in [-0.05, 0) is 6.42 Å². The average Bonchev–Trinajstić information content (AvgIpc) is 1.99. The molecule has 1 rings (SSSR count). The van der Waals surface area contributed by atoms with Gasteiger partial charge in [0, 0.05) is 13.2 Å². The third-order valence-electron chi connectivity index (χ3n) is 1.22. The van der Waals surface area contributed by atoms with Crippen molar-refractivity contribution in [1.82, 2.24) is 5.12 Å². The van der Waals surface area contributed by atoms with Crippen LogP contribution in [-0.2, 0) is 4.74 Å². The van der Waals surface area contributed by atoms with Crippen LogP contribution in [0.5, 0.6) is 0 Å². The molecule has 0 bridgehead atoms. The van der Waals surface area contributed by atoms with E-state index in [1.54, 1.807) is 0 Å². The second-order valence-electron chi connectivity index (χ2n) is 1.99. The van der Waals surface area contributed by atoms with Gasteiger partial charge in [-0.25, -0.2) is 4.39 Å². The lowest BCUT2D eigenvalue weighted by atomic mass is 10.4. The van der Waals surface area contributed by atoms with Crippen molar-refractivity contribution >= 4 is 0 Å². The first-order valence-electron chi connectivity index (χ1n) is 2.95. The number of hydrogen-bond acceptors (Lipinski definition) is 2. The van der Waals surface area contributed by atoms with E-state index in [-0.39, 0.29) is 18.3 Å². The molecule has 4 heteroatoms. The topological polar surface area (TPSA) is 12.5 Å². The maximum absolute atomic E-state index is 12.3. The van der Waals surface area contributed by atoms with E-state index in [0.29, 0.717) is 13.0 Å². The smallest absolute Gasteiger partial charge is 0.203 e. The van der Waals surface area contributed by atoms with Crippen LogP contribution >= 0.6 is 0 Å². The highest BCUT2D eigenvalue weighted by Crippen LogP contribution is 2.07. The van der Waals surface area contributed by atoms with E-state index in [2.05, 4.69) is 0 Å². The number of hydrogen-bond donors (Lipinski definition) is 0. The highest BCUT2D eigenvalue weighted by atomic mass is 19.2. The minimum Gasteiger partial charge on any atom is -0.377 e. The van der Waals surface area contributed by atoms with E-state index in [1.807, 2.05) is 0 Å². The Bertz CT molecular complexity index is 81.0. The molecule has 54 valence electrons. The Labute approximate surface area is 52.3 Å². The van der Waals surface area contributed by atoms with Crippen LogP contribution in [0.4, 0.5) is 8.87 Å². The molecule has 1 unspecified atom stereocenters. The van der Waals surface area contributed by atoms with Crippen molar-refractivity contribution in [1.29, 1.82) is 0 Å². The van der Waals surface area contributed by atoms with E-state index in [1.165, 1.54) is 0 Å². The summed E-state index contributed by atoms with van der Waals surface area (Å²) in [6.07, 6.45) is -0.996. The molecule has 0 radical (unpaired) electrons. The summed E-state index contributed by atoms with van der Waals surface area (Å²) in [5.41, 5.74) is 0. The van der Waals surface area contributed by atoms with Crippen molar-refractivity contribution < 1.29 is 13.6 Å². The highest BCUT2D eigenvalue weighted by molar-refractivity contribution is 4.55. The van der Waals surface area contributed by atoms with Gasteiger partial charge in [-0.1, -0.05) is 0 Å². The van der Waals surface area contributed by atoms with E-state index in [0.717, 1.165) is 0 Å². The molecular weight excluding hydrogens is 128 g/mol. The monoisotopic (exact) mass is 137 g/mol. The summed E-state index contributed by atoms with van der Waals surface area (Å²) in [4.78, 5) is 0. The molecule has 1 saturated heterocycles. The summed E-state index contributed by atoms with van der Waals surface area (Å²) in [6, 6.07) is 0. The fourth-order valence-electron chi connectivity index (χ4n) is 0.719. The zero-order valence-electron chi connectivity index (χ0n) is 5.02. The van der Waals surface area contributed by atoms with Crippen LogP contribution in [0.15, 0.2) is 0 Å². The predicted molar refractivity (Wildman–Crippen MR) is 28.1 cm³/mol. The van der Waals surface area contributed by atoms with E-state index >= 15 is 0 Å². The van der Waals surface area contributed by atoms with Crippen LogP contribution in [0.2, 0.25) is 0 Å². The van der Waals surface area contributed by atoms with E-state index in [9.17, 15) is 8.87 Å². The molecule has 0 N–H and O–H groups in total. The van der Waals surface area contributed by atoms with Crippen LogP contribution in [0.1, 0.15) is 6.42 Å². The van der Waals surface area contributed by atoms with Gasteiger partial charge < -0.3 is 4.74 Å². The first-order chi connectivity index (χ1) is 4.30. The van der Waals surface area contributed by atoms with Crippen molar-refractivity contribution in [3.05, 3.63) is 0 Å². The fourth-order valence-corrected chi connectivity index (χ4v) is 0.719. The lowest BCUT2D eigenvalue weighted by Crippen LogP contribution is -2.25. The van der Waals surface area contributed by atoms with Gasteiger partial charge in [-0.3, -0.25) is 0 Å². The quantitative estimate of drug-likeness (QED) is 0.363. The van der Waals surface area contributed by atoms with Crippen molar-refractivity contribution in [3.8, 4) is 0 Å². The van der Waals surface area contributed by atoms with Crippen LogP contribution in [0, 0.1) is 0 Å². The summed E-state index contributed by atoms with van der Waals surface area (Å²) in [5.74, 6) is 0. The SMILES string of the molecule is FC1COCCCN1F. The van der Waals surface area contributed by atoms with Gasteiger partial charge in [-0.15, -0.1) is 9.60 Å². The second kappa shape index (κ2) is 3.08. The Morgan fingerprint density at radius 3 is 3.11 bits per heavy atom. The molecule has 1 aliphatic rings. The molecule has 0 aromatic carbocycles. The molecule has 9 heavy (non-hydrogen) atoms. The van der Waals surface area contributed by atoms with Gasteiger partial charge in [0.05, 0.1) is 6.61 Å². The maximum Gasteiger partial charge on any atom is 0.203 e. The Morgan fingerprint density at radius 1 is 1.56 bits per heavy atom. The normalized spacial score (nSPS) is 32.0. The molecule has 0 spiro atoms. The molecule has 1 atom stereocenters. The Balaban J connectivity index is 2.32. The Kier molecular flexibility index (Phi) is 2.36. The molecule has 0 aromatic rings. The van der Waals surface area contributed by atoms with Gasteiger partial charge in [0.2, 0.25) is 6.30 Å². The largest absolute Gasteiger partial charge is 0.377 e. The van der Waals surface area contributed by atoms with Crippen molar-refractivity contribution in [2.75, 3.05) is 19.8 Å². The minimum absolute atomic E-state index is 0.140. The highest BCUT2D eigenvalue weighted by Gasteiger charge is 2.19. The van der Waals surface area contributed by atoms with Crippen molar-refractivity contribution in [2.45, 2.75) is 12.7 Å². The van der Waals surface area contributed by atoms with Crippen LogP contribution in [0.25, 0.3) is 0 Å². The summed E-state index contributed by atoms with van der Waals surface area (Å²) < 4.78 is 29.2. The molecular formula is C5H9F2NO. The van der Waals surface area contributed by atoms with E-state index in [4.69, 9.17) is 4.74 Å². The van der Waals surface area contributed by atoms with Gasteiger partial charge in [-0.2, -0.15) is 0 Å². The zero-order valence-corrected chi connectivity index (χ0v) is 5.02. The number of nitrogens with zero attached hydrogens (tertiary/aromatic N) is 1. The second-order valence-corrected chi connectivity index (χ2v) is 1.99. The van der Waals surface area contributed by atoms with Crippen LogP contribution in [-0.4, -0.2) is 31.2 Å². The molecule has 1 aliphatic heterocycles. The molecule has 1 fully saturated rings. The lowest BCUT2D eigenvalue weighted by Gasteiger charge is -2.10. The standard InChI is InChI=1S/C5H9F2NO/c6-5-4-9-3-1-2-8(5)7/h5H,1-4H2. The Hall–Kier alpha value is -0.220. The molecule has 0 aromatic heterocycles. The van der Waals surface area contributed by atoms with E-state index < -0.39 is 6.30 Å². The lowest BCUT2D eigenvalue weighted by molar-refractivity contribution is -0.0900. The van der Waals surface area contributed by atoms with Crippen LogP contribution in [0.3, 0.4) is 0 Å². The maximum atomic E-state index is 12.3. The number of rotatable bonds is 0. The third kappa shape index (κ3) is 1.87. The third-order valence-corrected chi connectivity index (χ3v) is 1.22. The number of ether oxygens (including phenoxy) is 1. The first-order valence-corrected chi connectivity index (χ1v) is 2.95. The summed E-state index contributed by atoms with van der Waals surface area (Å²) in [5, 5.41) is 0.174. The summed E-state index contributed by atoms with van der Waals surface area (Å²) in [6.45, 7) is 0.457. The zero-order chi connectivity index (χ0) is 6.69. The molecule has 2 nitrogen and oxygen atoms in total. The van der Waals surface area contributed by atoms with Crippen LogP contribution < -0.4 is 0 Å². The minimum atomic E-state index is -1.56. The molecule has 1 heterocycles. The fraction of sp³-hybridized carbons (Fsp3) is 1.00. The predicted octanol–water partition coefficient (Wildman–Crippen LogP) is 0.889. The summed E-state index contributed by atoms with van der Waals surface area (Å²) in [7, 11) is 0. The molecule has 0 saturated carbocycles. The molecule has 0 amide bonds. The molecule has 0 aliphatic carbocycles. The van der Waals surface area contributed by atoms with Gasteiger partial charge in [0.25, 0.3) is 0 Å². The van der Waals surface area contributed by atoms with Gasteiger partial charge in [0.15, 0.2) is 0 Å². The van der Waals surface area contributed by atoms with Gasteiger partial charge >= 0.3 is 0 Å². The average molecular weight is 137 g/mol.